The van der Waals surface area contributed by atoms with Gasteiger partial charge in [0.15, 0.2) is 0 Å². The summed E-state index contributed by atoms with van der Waals surface area (Å²) in [4.78, 5) is 54.7. The summed E-state index contributed by atoms with van der Waals surface area (Å²) in [5.41, 5.74) is 0.959. The Morgan fingerprint density at radius 1 is 0.932 bits per heavy atom. The van der Waals surface area contributed by atoms with Gasteiger partial charge in [0.2, 0.25) is 11.8 Å². The lowest BCUT2D eigenvalue weighted by Crippen LogP contribution is -2.59. The van der Waals surface area contributed by atoms with Crippen molar-refractivity contribution in [1.82, 2.24) is 15.1 Å². The Labute approximate surface area is 264 Å². The van der Waals surface area contributed by atoms with Gasteiger partial charge in [-0.25, -0.2) is 0 Å². The van der Waals surface area contributed by atoms with E-state index in [9.17, 15) is 24.3 Å². The summed E-state index contributed by atoms with van der Waals surface area (Å²) >= 11 is 0. The van der Waals surface area contributed by atoms with Crippen molar-refractivity contribution in [3.8, 4) is 0 Å². The summed E-state index contributed by atoms with van der Waals surface area (Å²) in [7, 11) is 5.03. The number of nitrogens with one attached hydrogen (secondary N) is 1. The van der Waals surface area contributed by atoms with Crippen LogP contribution in [0, 0.1) is 17.8 Å². The maximum Gasteiger partial charge on any atom is 0.306 e. The summed E-state index contributed by atoms with van der Waals surface area (Å²) in [5.74, 6) is -1.91. The molecular weight excluding hydrogens is 562 g/mol. The topological polar surface area (TPSA) is 125 Å². The van der Waals surface area contributed by atoms with E-state index in [1.165, 1.54) is 7.11 Å². The van der Waals surface area contributed by atoms with Gasteiger partial charge >= 0.3 is 11.9 Å². The molecule has 0 aliphatic heterocycles. The zero-order chi connectivity index (χ0) is 33.4. The summed E-state index contributed by atoms with van der Waals surface area (Å²) in [6, 6.07) is 7.89. The predicted molar refractivity (Wildman–Crippen MR) is 172 cm³/mol. The van der Waals surface area contributed by atoms with Crippen molar-refractivity contribution in [1.29, 1.82) is 0 Å². The number of hydrogen-bond acceptors (Lipinski definition) is 7. The van der Waals surface area contributed by atoms with Crippen LogP contribution in [0.3, 0.4) is 0 Å². The number of esters is 1. The number of rotatable bonds is 21. The standard InChI is InChI=1S/C34H57N3O7/c1-10-25(6)32(27(43-9)21-28(38)39)37(8)34(42)30(23(2)3)35-33(41)31(24(4)5)36(7)20-16-12-15-19-29(40)44-22-26-17-13-11-14-18-26/h11,13-14,17-18,23-25,27,30-32H,10,12,15-16,19-22H2,1-9H3,(H,35,41)(H,38,39). The zero-order valence-electron chi connectivity index (χ0n) is 28.4. The Bertz CT molecular complexity index is 1020. The van der Waals surface area contributed by atoms with Gasteiger partial charge in [-0.2, -0.15) is 0 Å². The molecule has 2 N–H and O–H groups in total. The maximum atomic E-state index is 13.8. The van der Waals surface area contributed by atoms with E-state index in [2.05, 4.69) is 5.32 Å². The number of hydrogen-bond donors (Lipinski definition) is 2. The average molecular weight is 620 g/mol. The van der Waals surface area contributed by atoms with E-state index in [1.54, 1.807) is 11.9 Å². The lowest BCUT2D eigenvalue weighted by molar-refractivity contribution is -0.148. The van der Waals surface area contributed by atoms with Crippen LogP contribution in [-0.4, -0.2) is 90.6 Å². The Hall–Kier alpha value is -2.98. The molecule has 2 amide bonds. The fourth-order valence-corrected chi connectivity index (χ4v) is 5.64. The number of ether oxygens (including phenoxy) is 2. The molecule has 0 bridgehead atoms. The highest BCUT2D eigenvalue weighted by Gasteiger charge is 2.38. The SMILES string of the molecule is CCC(C)C(C(CC(=O)O)OC)N(C)C(=O)C(NC(=O)C(C(C)C)N(C)CCCCCC(=O)OCc1ccccc1)C(C)C. The van der Waals surface area contributed by atoms with Gasteiger partial charge in [0.25, 0.3) is 0 Å². The molecule has 5 atom stereocenters. The van der Waals surface area contributed by atoms with Gasteiger partial charge < -0.3 is 24.8 Å². The minimum Gasteiger partial charge on any atom is -0.481 e. The number of carbonyl (C=O) groups is 4. The number of carbonyl (C=O) groups excluding carboxylic acids is 3. The van der Waals surface area contributed by atoms with Gasteiger partial charge in [0, 0.05) is 20.6 Å². The van der Waals surface area contributed by atoms with Crippen molar-refractivity contribution in [2.75, 3.05) is 27.7 Å². The number of carboxylic acid groups (broad SMARTS) is 1. The van der Waals surface area contributed by atoms with Crippen LogP contribution in [0.4, 0.5) is 0 Å². The van der Waals surface area contributed by atoms with Crippen molar-refractivity contribution in [2.45, 2.75) is 111 Å². The Balaban J connectivity index is 2.79. The maximum absolute atomic E-state index is 13.8. The van der Waals surface area contributed by atoms with Crippen molar-refractivity contribution in [2.24, 2.45) is 17.8 Å². The zero-order valence-corrected chi connectivity index (χ0v) is 28.4. The first kappa shape index (κ1) is 39.0. The first-order chi connectivity index (χ1) is 20.7. The molecule has 0 fully saturated rings. The molecule has 0 aliphatic rings. The number of amides is 2. The van der Waals surface area contributed by atoms with Crippen LogP contribution >= 0.6 is 0 Å². The van der Waals surface area contributed by atoms with Crippen LogP contribution in [0.5, 0.6) is 0 Å². The van der Waals surface area contributed by atoms with Gasteiger partial charge in [0.1, 0.15) is 12.6 Å². The Kier molecular flexibility index (Phi) is 17.9. The second-order valence-electron chi connectivity index (χ2n) is 12.6. The van der Waals surface area contributed by atoms with Gasteiger partial charge in [-0.3, -0.25) is 24.1 Å². The number of likely N-dealkylation sites (N-methyl/N-ethyl adjacent to an activating group) is 2. The molecule has 0 saturated carbocycles. The summed E-state index contributed by atoms with van der Waals surface area (Å²) in [6.45, 7) is 12.6. The van der Waals surface area contributed by atoms with Crippen LogP contribution in [-0.2, 0) is 35.3 Å². The van der Waals surface area contributed by atoms with Crippen molar-refractivity contribution >= 4 is 23.8 Å². The molecule has 5 unspecified atom stereocenters. The van der Waals surface area contributed by atoms with E-state index in [4.69, 9.17) is 9.47 Å². The Morgan fingerprint density at radius 2 is 1.57 bits per heavy atom. The quantitative estimate of drug-likeness (QED) is 0.149. The smallest absolute Gasteiger partial charge is 0.306 e. The normalized spacial score (nSPS) is 15.0. The van der Waals surface area contributed by atoms with Gasteiger partial charge in [-0.1, -0.05) is 84.7 Å². The fraction of sp³-hybridized carbons (Fsp3) is 0.706. The highest BCUT2D eigenvalue weighted by molar-refractivity contribution is 5.90. The highest BCUT2D eigenvalue weighted by atomic mass is 16.5. The highest BCUT2D eigenvalue weighted by Crippen LogP contribution is 2.23. The monoisotopic (exact) mass is 619 g/mol. The van der Waals surface area contributed by atoms with E-state index >= 15 is 0 Å². The Morgan fingerprint density at radius 3 is 2.09 bits per heavy atom. The molecule has 1 aromatic rings. The van der Waals surface area contributed by atoms with E-state index in [1.807, 2.05) is 83.8 Å². The van der Waals surface area contributed by atoms with Crippen molar-refractivity contribution in [3.05, 3.63) is 35.9 Å². The number of benzene rings is 1. The minimum atomic E-state index is -0.995. The molecule has 0 radical (unpaired) electrons. The lowest BCUT2D eigenvalue weighted by atomic mass is 9.90. The van der Waals surface area contributed by atoms with Crippen LogP contribution < -0.4 is 5.32 Å². The second kappa shape index (κ2) is 20.1. The van der Waals surface area contributed by atoms with E-state index in [0.29, 0.717) is 19.4 Å². The number of carboxylic acids is 1. The van der Waals surface area contributed by atoms with E-state index in [0.717, 1.165) is 24.8 Å². The third-order valence-corrected chi connectivity index (χ3v) is 8.32. The van der Waals surface area contributed by atoms with Gasteiger partial charge in [-0.05, 0) is 49.8 Å². The van der Waals surface area contributed by atoms with Crippen LogP contribution in [0.15, 0.2) is 30.3 Å². The molecule has 0 heterocycles. The first-order valence-corrected chi connectivity index (χ1v) is 16.0. The van der Waals surface area contributed by atoms with Crippen LogP contribution in [0.25, 0.3) is 0 Å². The molecule has 1 rings (SSSR count). The number of methoxy groups -OCH3 is 1. The lowest BCUT2D eigenvalue weighted by Gasteiger charge is -2.40. The van der Waals surface area contributed by atoms with Gasteiger partial charge in [-0.15, -0.1) is 0 Å². The fourth-order valence-electron chi connectivity index (χ4n) is 5.64. The van der Waals surface area contributed by atoms with Gasteiger partial charge in [0.05, 0.1) is 24.6 Å². The summed E-state index contributed by atoms with van der Waals surface area (Å²) < 4.78 is 10.9. The molecule has 0 aliphatic carbocycles. The molecule has 0 spiro atoms. The number of aliphatic carboxylic acids is 1. The van der Waals surface area contributed by atoms with Crippen molar-refractivity contribution < 1.29 is 33.8 Å². The third-order valence-electron chi connectivity index (χ3n) is 8.32. The second-order valence-corrected chi connectivity index (χ2v) is 12.6. The largest absolute Gasteiger partial charge is 0.481 e. The first-order valence-electron chi connectivity index (χ1n) is 16.0. The van der Waals surface area contributed by atoms with E-state index in [-0.39, 0.29) is 48.6 Å². The van der Waals surface area contributed by atoms with Crippen LogP contribution in [0.1, 0.15) is 85.6 Å². The molecular formula is C34H57N3O7. The molecule has 10 nitrogen and oxygen atoms in total. The summed E-state index contributed by atoms with van der Waals surface area (Å²) in [5, 5.41) is 12.5. The molecule has 250 valence electrons. The number of nitrogens with zero attached hydrogens (tertiary/aromatic N) is 2. The molecule has 1 aromatic carbocycles. The molecule has 0 saturated heterocycles. The van der Waals surface area contributed by atoms with Crippen LogP contribution in [0.2, 0.25) is 0 Å². The molecule has 10 heteroatoms. The average Bonchev–Trinajstić information content (AvgIpc) is 2.97. The van der Waals surface area contributed by atoms with E-state index < -0.39 is 30.2 Å². The van der Waals surface area contributed by atoms with Crippen molar-refractivity contribution in [3.63, 3.8) is 0 Å². The minimum absolute atomic E-state index is 0.00471. The molecule has 44 heavy (non-hydrogen) atoms. The summed E-state index contributed by atoms with van der Waals surface area (Å²) in [6.07, 6.45) is 2.52. The predicted octanol–water partition coefficient (Wildman–Crippen LogP) is 4.75. The molecule has 0 aromatic heterocycles. The number of unbranched alkanes of at least 4 members (excludes halogenated alkanes) is 2. The third kappa shape index (κ3) is 12.9.